The summed E-state index contributed by atoms with van der Waals surface area (Å²) in [7, 11) is 0. The molecular weight excluding hydrogens is 553 g/mol. The van der Waals surface area contributed by atoms with Gasteiger partial charge in [0, 0.05) is 22.7 Å². The predicted octanol–water partition coefficient (Wildman–Crippen LogP) is 9.33. The van der Waals surface area contributed by atoms with E-state index in [0.29, 0.717) is 27.6 Å². The third kappa shape index (κ3) is 11.9. The number of hydrogen-bond donors (Lipinski definition) is 2. The van der Waals surface area contributed by atoms with E-state index < -0.39 is 11.7 Å². The highest BCUT2D eigenvalue weighted by Crippen LogP contribution is 2.33. The van der Waals surface area contributed by atoms with Crippen molar-refractivity contribution in [3.63, 3.8) is 0 Å². The summed E-state index contributed by atoms with van der Waals surface area (Å²) in [4.78, 5) is 26.5. The van der Waals surface area contributed by atoms with Gasteiger partial charge >= 0.3 is 6.18 Å². The molecule has 0 fully saturated rings. The Hall–Kier alpha value is -4.20. The number of hydrogen-bond acceptors (Lipinski definition) is 4. The zero-order chi connectivity index (χ0) is 32.6. The number of aromatic hydroxyl groups is 1. The molecule has 232 valence electrons. The zero-order valence-electron chi connectivity index (χ0n) is 26.0. The van der Waals surface area contributed by atoms with E-state index in [0.717, 1.165) is 42.6 Å². The molecule has 4 aromatic rings. The molecule has 1 atom stereocenters. The average molecular weight is 597 g/mol. The van der Waals surface area contributed by atoms with Crippen molar-refractivity contribution in [2.75, 3.05) is 0 Å². The molecule has 0 spiro atoms. The van der Waals surface area contributed by atoms with Crippen LogP contribution in [0.2, 0.25) is 0 Å². The number of phenolic OH excluding ortho intramolecular Hbond substituents is 1. The molecule has 1 amide bonds. The number of Topliss-reactive ketones (excluding diaryl/α,β-unsaturated/α-hetero) is 1. The third-order valence-corrected chi connectivity index (χ3v) is 6.05. The van der Waals surface area contributed by atoms with Gasteiger partial charge in [-0.25, -0.2) is 0 Å². The summed E-state index contributed by atoms with van der Waals surface area (Å²) in [5, 5.41) is 12.5. The fraction of sp³-hybridized carbons (Fsp3) is 0.343. The fourth-order valence-electron chi connectivity index (χ4n) is 4.04. The van der Waals surface area contributed by atoms with Crippen molar-refractivity contribution in [3.05, 3.63) is 95.2 Å². The molecule has 43 heavy (non-hydrogen) atoms. The number of carbonyl (C=O) groups is 2. The van der Waals surface area contributed by atoms with Gasteiger partial charge in [-0.05, 0) is 85.8 Å². The molecule has 0 saturated heterocycles. The predicted molar refractivity (Wildman–Crippen MR) is 169 cm³/mol. The van der Waals surface area contributed by atoms with Crippen LogP contribution in [0.4, 0.5) is 13.2 Å². The van der Waals surface area contributed by atoms with Crippen LogP contribution in [0.3, 0.4) is 0 Å². The van der Waals surface area contributed by atoms with E-state index in [-0.39, 0.29) is 17.6 Å². The van der Waals surface area contributed by atoms with Crippen molar-refractivity contribution < 1.29 is 27.9 Å². The highest BCUT2D eigenvalue weighted by Gasteiger charge is 2.30. The Labute approximate surface area is 253 Å². The van der Waals surface area contributed by atoms with Gasteiger partial charge in [-0.1, -0.05) is 71.4 Å². The maximum absolute atomic E-state index is 12.9. The molecular formula is C35H43F3N2O3. The van der Waals surface area contributed by atoms with Crippen LogP contribution in [-0.2, 0) is 17.4 Å². The molecule has 0 saturated carbocycles. The first kappa shape index (κ1) is 36.8. The van der Waals surface area contributed by atoms with Crippen LogP contribution in [0.1, 0.15) is 81.6 Å². The van der Waals surface area contributed by atoms with Gasteiger partial charge in [-0.2, -0.15) is 13.2 Å². The van der Waals surface area contributed by atoms with Crippen LogP contribution in [0.15, 0.2) is 72.8 Å². The molecule has 0 radical (unpaired) electrons. The summed E-state index contributed by atoms with van der Waals surface area (Å²) in [6.07, 6.45) is -0.709. The Bertz CT molecular complexity index is 1430. The molecule has 4 rings (SSSR count). The Balaban J connectivity index is 0.000000414. The molecule has 1 unspecified atom stereocenters. The minimum Gasteiger partial charge on any atom is -0.508 e. The lowest BCUT2D eigenvalue weighted by Crippen LogP contribution is -2.28. The number of nitrogens with zero attached hydrogens (tertiary/aromatic N) is 1. The van der Waals surface area contributed by atoms with E-state index in [4.69, 9.17) is 5.11 Å². The van der Waals surface area contributed by atoms with Crippen molar-refractivity contribution in [1.29, 1.82) is 0 Å². The van der Waals surface area contributed by atoms with E-state index >= 15 is 0 Å². The number of alkyl halides is 3. The summed E-state index contributed by atoms with van der Waals surface area (Å²) >= 11 is 0. The van der Waals surface area contributed by atoms with Gasteiger partial charge in [-0.15, -0.1) is 0 Å². The summed E-state index contributed by atoms with van der Waals surface area (Å²) in [6.45, 7) is 13.5. The molecule has 0 aliphatic carbocycles. The number of aryl methyl sites for hydroxylation is 1. The first-order valence-electron chi connectivity index (χ1n) is 14.5. The lowest BCUT2D eigenvalue weighted by molar-refractivity contribution is -0.137. The Morgan fingerprint density at radius 3 is 2.09 bits per heavy atom. The van der Waals surface area contributed by atoms with Crippen molar-refractivity contribution in [2.24, 2.45) is 0 Å². The van der Waals surface area contributed by atoms with Crippen LogP contribution in [-0.4, -0.2) is 28.3 Å². The van der Waals surface area contributed by atoms with Gasteiger partial charge in [0.05, 0.1) is 11.1 Å². The molecule has 2 N–H and O–H groups in total. The number of rotatable bonds is 7. The van der Waals surface area contributed by atoms with Crippen molar-refractivity contribution >= 4 is 23.1 Å². The second-order valence-electron chi connectivity index (χ2n) is 9.65. The average Bonchev–Trinajstić information content (AvgIpc) is 2.98. The van der Waals surface area contributed by atoms with Crippen LogP contribution in [0.5, 0.6) is 5.75 Å². The zero-order valence-corrected chi connectivity index (χ0v) is 26.0. The summed E-state index contributed by atoms with van der Waals surface area (Å²) < 4.78 is 38.7. The molecule has 0 bridgehead atoms. The first-order chi connectivity index (χ1) is 20.4. The standard InChI is InChI=1S/C19H14F3NO.C11H15NO2.C3H8.C2H6/c1-11-8-16(12(2)24)17-10-14(6-7-18(17)23-11)13-4-3-5-15(9-13)19(20,21)22;1-2-10(12-8-13)7-9-3-5-11(14)6-4-9;1-3-2;1-2/h3-10H,1-2H3;3-6,8,10,14H,2,7H2,1H3,(H,12,13);3H2,1-2H3;1-2H3. The summed E-state index contributed by atoms with van der Waals surface area (Å²) in [5.41, 5.74) is 3.36. The maximum Gasteiger partial charge on any atom is 0.416 e. The highest BCUT2D eigenvalue weighted by atomic mass is 19.4. The topological polar surface area (TPSA) is 79.3 Å². The van der Waals surface area contributed by atoms with Gasteiger partial charge < -0.3 is 10.4 Å². The van der Waals surface area contributed by atoms with Gasteiger partial charge in [0.1, 0.15) is 5.75 Å². The number of ketones is 1. The quantitative estimate of drug-likeness (QED) is 0.165. The van der Waals surface area contributed by atoms with Crippen LogP contribution in [0, 0.1) is 6.92 Å². The second kappa shape index (κ2) is 18.4. The SMILES string of the molecule is CC.CC(=O)c1cc(C)nc2ccc(-c3cccc(C(F)(F)F)c3)cc12.CCC.CCC(Cc1ccc(O)cc1)NC=O. The molecule has 5 nitrogen and oxygen atoms in total. The number of halogens is 3. The maximum atomic E-state index is 12.9. The number of phenols is 1. The normalized spacial score (nSPS) is 11.0. The summed E-state index contributed by atoms with van der Waals surface area (Å²) in [5.74, 6) is 0.164. The third-order valence-electron chi connectivity index (χ3n) is 6.05. The number of fused-ring (bicyclic) bond motifs is 1. The van der Waals surface area contributed by atoms with E-state index in [1.807, 2.05) is 32.9 Å². The number of aromatic nitrogens is 1. The lowest BCUT2D eigenvalue weighted by atomic mass is 9.98. The van der Waals surface area contributed by atoms with Crippen LogP contribution >= 0.6 is 0 Å². The van der Waals surface area contributed by atoms with Crippen molar-refractivity contribution in [1.82, 2.24) is 10.3 Å². The fourth-order valence-corrected chi connectivity index (χ4v) is 4.04. The van der Waals surface area contributed by atoms with Gasteiger partial charge in [0.2, 0.25) is 6.41 Å². The number of carbonyl (C=O) groups excluding carboxylic acids is 2. The highest BCUT2D eigenvalue weighted by molar-refractivity contribution is 6.07. The van der Waals surface area contributed by atoms with Crippen molar-refractivity contribution in [3.8, 4) is 16.9 Å². The minimum absolute atomic E-state index is 0.105. The minimum atomic E-state index is -4.39. The Kier molecular flexibility index (Phi) is 15.7. The van der Waals surface area contributed by atoms with Crippen molar-refractivity contribution in [2.45, 2.75) is 79.9 Å². The van der Waals surface area contributed by atoms with Crippen LogP contribution in [0.25, 0.3) is 22.0 Å². The summed E-state index contributed by atoms with van der Waals surface area (Å²) in [6, 6.07) is 19.2. The smallest absolute Gasteiger partial charge is 0.416 e. The van der Waals surface area contributed by atoms with E-state index in [1.54, 1.807) is 49.4 Å². The lowest BCUT2D eigenvalue weighted by Gasteiger charge is -2.13. The molecule has 0 aliphatic rings. The first-order valence-corrected chi connectivity index (χ1v) is 14.5. The second-order valence-corrected chi connectivity index (χ2v) is 9.65. The molecule has 0 aliphatic heterocycles. The Morgan fingerprint density at radius 2 is 1.56 bits per heavy atom. The number of pyridine rings is 1. The van der Waals surface area contributed by atoms with Gasteiger partial charge in [0.25, 0.3) is 0 Å². The van der Waals surface area contributed by atoms with E-state index in [1.165, 1.54) is 19.4 Å². The molecule has 1 aromatic heterocycles. The van der Waals surface area contributed by atoms with E-state index in [2.05, 4.69) is 24.1 Å². The monoisotopic (exact) mass is 596 g/mol. The van der Waals surface area contributed by atoms with Gasteiger partial charge in [0.15, 0.2) is 5.78 Å². The van der Waals surface area contributed by atoms with Crippen LogP contribution < -0.4 is 5.32 Å². The number of nitrogens with one attached hydrogen (secondary N) is 1. The molecule has 3 aromatic carbocycles. The molecule has 1 heterocycles. The van der Waals surface area contributed by atoms with E-state index in [9.17, 15) is 22.8 Å². The largest absolute Gasteiger partial charge is 0.508 e. The molecule has 8 heteroatoms. The Morgan fingerprint density at radius 1 is 0.953 bits per heavy atom. The van der Waals surface area contributed by atoms with Gasteiger partial charge in [-0.3, -0.25) is 14.6 Å². The number of benzene rings is 3. The number of amides is 1.